The molecule has 1 unspecified atom stereocenters. The molecule has 0 radical (unpaired) electrons. The first-order chi connectivity index (χ1) is 16.2. The van der Waals surface area contributed by atoms with Crippen LogP contribution in [0.3, 0.4) is 0 Å². The lowest BCUT2D eigenvalue weighted by Gasteiger charge is -2.34. The van der Waals surface area contributed by atoms with Crippen LogP contribution < -0.4 is 14.2 Å². The van der Waals surface area contributed by atoms with E-state index in [4.69, 9.17) is 14.2 Å². The van der Waals surface area contributed by atoms with Crippen LogP contribution in [0.15, 0.2) is 97.1 Å². The topological polar surface area (TPSA) is 27.7 Å². The second-order valence-corrected chi connectivity index (χ2v) is 8.41. The molecule has 0 bridgehead atoms. The molecule has 3 nitrogen and oxygen atoms in total. The summed E-state index contributed by atoms with van der Waals surface area (Å²) in [7, 11) is 5.06. The molecular formula is C30H28O3. The molecule has 3 heteroatoms. The molecule has 1 atom stereocenters. The molecule has 5 rings (SSSR count). The van der Waals surface area contributed by atoms with Gasteiger partial charge in [-0.25, -0.2) is 0 Å². The number of ether oxygens (including phenoxy) is 3. The third-order valence-corrected chi connectivity index (χ3v) is 6.91. The van der Waals surface area contributed by atoms with E-state index < -0.39 is 5.41 Å². The van der Waals surface area contributed by atoms with Gasteiger partial charge in [0.1, 0.15) is 0 Å². The molecule has 166 valence electrons. The molecule has 1 aliphatic rings. The highest BCUT2D eigenvalue weighted by Crippen LogP contribution is 2.61. The summed E-state index contributed by atoms with van der Waals surface area (Å²) in [6.45, 7) is 0. The third-order valence-electron chi connectivity index (χ3n) is 6.91. The van der Waals surface area contributed by atoms with Gasteiger partial charge in [-0.3, -0.25) is 0 Å². The van der Waals surface area contributed by atoms with Gasteiger partial charge in [0, 0.05) is 11.5 Å². The average Bonchev–Trinajstić information content (AvgIpc) is 3.25. The SMILES string of the molecule is COc1cc2c(c(OC)c1OC)C(c1ccccc1)(c1ccccc1)CC2c1ccccc1. The Kier molecular flexibility index (Phi) is 5.55. The van der Waals surface area contributed by atoms with E-state index in [9.17, 15) is 0 Å². The highest BCUT2D eigenvalue weighted by atomic mass is 16.5. The number of benzene rings is 4. The largest absolute Gasteiger partial charge is 0.493 e. The van der Waals surface area contributed by atoms with Gasteiger partial charge in [0.05, 0.1) is 26.7 Å². The van der Waals surface area contributed by atoms with Crippen molar-refractivity contribution in [2.75, 3.05) is 21.3 Å². The number of rotatable bonds is 6. The highest BCUT2D eigenvalue weighted by Gasteiger charge is 2.50. The minimum atomic E-state index is -0.400. The molecule has 4 aromatic carbocycles. The summed E-state index contributed by atoms with van der Waals surface area (Å²) < 4.78 is 17.7. The van der Waals surface area contributed by atoms with Crippen LogP contribution >= 0.6 is 0 Å². The Balaban J connectivity index is 1.92. The minimum Gasteiger partial charge on any atom is -0.493 e. The van der Waals surface area contributed by atoms with Gasteiger partial charge in [0.2, 0.25) is 5.75 Å². The molecule has 33 heavy (non-hydrogen) atoms. The van der Waals surface area contributed by atoms with E-state index in [-0.39, 0.29) is 5.92 Å². The number of hydrogen-bond donors (Lipinski definition) is 0. The van der Waals surface area contributed by atoms with Crippen molar-refractivity contribution in [3.05, 3.63) is 125 Å². The lowest BCUT2D eigenvalue weighted by molar-refractivity contribution is 0.320. The first-order valence-electron chi connectivity index (χ1n) is 11.2. The van der Waals surface area contributed by atoms with Crippen molar-refractivity contribution in [3.8, 4) is 17.2 Å². The lowest BCUT2D eigenvalue weighted by atomic mass is 9.69. The Morgan fingerprint density at radius 2 is 1.15 bits per heavy atom. The molecule has 0 fully saturated rings. The summed E-state index contributed by atoms with van der Waals surface area (Å²) in [5.41, 5.74) is 5.71. The molecule has 0 N–H and O–H groups in total. The maximum atomic E-state index is 6.10. The summed E-state index contributed by atoms with van der Waals surface area (Å²) in [4.78, 5) is 0. The predicted molar refractivity (Wildman–Crippen MR) is 132 cm³/mol. The molecule has 0 saturated heterocycles. The molecule has 0 heterocycles. The first-order valence-corrected chi connectivity index (χ1v) is 11.2. The van der Waals surface area contributed by atoms with Gasteiger partial charge in [-0.2, -0.15) is 0 Å². The second kappa shape index (κ2) is 8.67. The minimum absolute atomic E-state index is 0.176. The molecule has 0 amide bonds. The smallest absolute Gasteiger partial charge is 0.203 e. The van der Waals surface area contributed by atoms with Crippen molar-refractivity contribution >= 4 is 0 Å². The van der Waals surface area contributed by atoms with Crippen LogP contribution in [0, 0.1) is 0 Å². The second-order valence-electron chi connectivity index (χ2n) is 8.41. The van der Waals surface area contributed by atoms with E-state index in [0.717, 1.165) is 17.7 Å². The Morgan fingerprint density at radius 3 is 1.64 bits per heavy atom. The van der Waals surface area contributed by atoms with Gasteiger partial charge >= 0.3 is 0 Å². The summed E-state index contributed by atoms with van der Waals surface area (Å²) in [6.07, 6.45) is 0.882. The fraction of sp³-hybridized carbons (Fsp3) is 0.200. The van der Waals surface area contributed by atoms with Crippen molar-refractivity contribution in [1.29, 1.82) is 0 Å². The van der Waals surface area contributed by atoms with Crippen LogP contribution in [-0.4, -0.2) is 21.3 Å². The maximum Gasteiger partial charge on any atom is 0.203 e. The zero-order chi connectivity index (χ0) is 22.8. The zero-order valence-electron chi connectivity index (χ0n) is 19.2. The molecular weight excluding hydrogens is 408 g/mol. The molecule has 0 aromatic heterocycles. The van der Waals surface area contributed by atoms with Crippen LogP contribution in [0.5, 0.6) is 17.2 Å². The zero-order valence-corrected chi connectivity index (χ0v) is 19.2. The molecule has 1 aliphatic carbocycles. The normalized spacial score (nSPS) is 16.2. The molecule has 4 aromatic rings. The van der Waals surface area contributed by atoms with Gasteiger partial charge in [0.15, 0.2) is 11.5 Å². The van der Waals surface area contributed by atoms with E-state index in [1.54, 1.807) is 21.3 Å². The summed E-state index contributed by atoms with van der Waals surface area (Å²) >= 11 is 0. The van der Waals surface area contributed by atoms with E-state index in [0.29, 0.717) is 11.5 Å². The van der Waals surface area contributed by atoms with Crippen molar-refractivity contribution in [1.82, 2.24) is 0 Å². The molecule has 0 saturated carbocycles. The molecule has 0 aliphatic heterocycles. The van der Waals surface area contributed by atoms with E-state index in [1.165, 1.54) is 22.3 Å². The Morgan fingerprint density at radius 1 is 0.636 bits per heavy atom. The quantitative estimate of drug-likeness (QED) is 0.342. The lowest BCUT2D eigenvalue weighted by Crippen LogP contribution is -2.27. The summed E-state index contributed by atoms with van der Waals surface area (Å²) in [6, 6.07) is 34.3. The van der Waals surface area contributed by atoms with Gasteiger partial charge in [0.25, 0.3) is 0 Å². The Hall–Kier alpha value is -3.72. The average molecular weight is 437 g/mol. The summed E-state index contributed by atoms with van der Waals surface area (Å²) in [5, 5.41) is 0. The van der Waals surface area contributed by atoms with Gasteiger partial charge in [-0.15, -0.1) is 0 Å². The highest BCUT2D eigenvalue weighted by molar-refractivity contribution is 5.71. The standard InChI is InChI=1S/C30H28O3/c1-31-26-19-24-25(21-13-7-4-8-14-21)20-30(22-15-9-5-10-16-22,23-17-11-6-12-18-23)27(24)29(33-3)28(26)32-2/h4-19,25H,20H2,1-3H3. The van der Waals surface area contributed by atoms with Crippen LogP contribution in [0.1, 0.15) is 40.2 Å². The third kappa shape index (κ3) is 3.27. The van der Waals surface area contributed by atoms with E-state index >= 15 is 0 Å². The molecule has 0 spiro atoms. The van der Waals surface area contributed by atoms with Crippen LogP contribution in [-0.2, 0) is 5.41 Å². The fourth-order valence-corrected chi connectivity index (χ4v) is 5.53. The van der Waals surface area contributed by atoms with Gasteiger partial charge < -0.3 is 14.2 Å². The van der Waals surface area contributed by atoms with E-state index in [1.807, 2.05) is 0 Å². The maximum absolute atomic E-state index is 6.10. The number of methoxy groups -OCH3 is 3. The van der Waals surface area contributed by atoms with Crippen molar-refractivity contribution in [3.63, 3.8) is 0 Å². The summed E-state index contributed by atoms with van der Waals surface area (Å²) in [5.74, 6) is 2.22. The monoisotopic (exact) mass is 436 g/mol. The fourth-order valence-electron chi connectivity index (χ4n) is 5.53. The van der Waals surface area contributed by atoms with Gasteiger partial charge in [-0.1, -0.05) is 91.0 Å². The Labute approximate surface area is 195 Å². The number of hydrogen-bond acceptors (Lipinski definition) is 3. The van der Waals surface area contributed by atoms with Crippen molar-refractivity contribution in [2.24, 2.45) is 0 Å². The van der Waals surface area contributed by atoms with Crippen molar-refractivity contribution < 1.29 is 14.2 Å². The van der Waals surface area contributed by atoms with Crippen LogP contribution in [0.2, 0.25) is 0 Å². The Bertz CT molecular complexity index is 1190. The van der Waals surface area contributed by atoms with Crippen LogP contribution in [0.4, 0.5) is 0 Å². The van der Waals surface area contributed by atoms with Crippen molar-refractivity contribution in [2.45, 2.75) is 17.8 Å². The van der Waals surface area contributed by atoms with Crippen LogP contribution in [0.25, 0.3) is 0 Å². The first kappa shape index (κ1) is 21.1. The predicted octanol–water partition coefficient (Wildman–Crippen LogP) is 6.58. The number of fused-ring (bicyclic) bond motifs is 1. The van der Waals surface area contributed by atoms with Gasteiger partial charge in [-0.05, 0) is 34.7 Å². The van der Waals surface area contributed by atoms with E-state index in [2.05, 4.69) is 97.1 Å².